The molecule has 1 fully saturated rings. The Kier molecular flexibility index (Phi) is 10.4. The van der Waals surface area contributed by atoms with E-state index in [9.17, 15) is 32.8 Å². The van der Waals surface area contributed by atoms with Crippen molar-refractivity contribution in [3.05, 3.63) is 69.0 Å². The van der Waals surface area contributed by atoms with Gasteiger partial charge >= 0.3 is 12.0 Å². The number of hydrogen-bond donors (Lipinski definition) is 3. The van der Waals surface area contributed by atoms with Crippen LogP contribution in [-0.2, 0) is 27.9 Å². The van der Waals surface area contributed by atoms with Crippen molar-refractivity contribution in [2.24, 2.45) is 5.92 Å². The number of alkyl halides is 3. The number of nitrogens with zero attached hydrogens (tertiary/aromatic N) is 1. The van der Waals surface area contributed by atoms with E-state index < -0.39 is 64.8 Å². The van der Waals surface area contributed by atoms with Gasteiger partial charge in [0.1, 0.15) is 11.5 Å². The molecule has 13 heteroatoms. The summed E-state index contributed by atoms with van der Waals surface area (Å²) >= 11 is 4.45. The third-order valence-electron chi connectivity index (χ3n) is 6.55. The van der Waals surface area contributed by atoms with Crippen LogP contribution >= 0.6 is 12.6 Å². The molecule has 2 N–H and O–H groups in total. The molecular formula is C27H34F4N2O6S. The summed E-state index contributed by atoms with van der Waals surface area (Å²) in [5, 5.41) is 25.9. The van der Waals surface area contributed by atoms with Crippen molar-refractivity contribution in [1.82, 2.24) is 5.32 Å². The Hall–Kier alpha value is -2.45. The summed E-state index contributed by atoms with van der Waals surface area (Å²) in [6.45, 7) is 7.11. The normalized spacial score (nSPS) is 22.6. The first-order chi connectivity index (χ1) is 18.5. The lowest BCUT2D eigenvalue weighted by Gasteiger charge is -2.39. The SMILES string of the molecule is C[C@H](COC(F)(F)F)Oc1cc(C[C@H]2CO[C@@H](S)[C@@H](NCc3cccc(C(C)(C)C)c3)[C@H]2O)cc(F)c1[N+](=O)[O-]. The molecule has 0 saturated carbocycles. The van der Waals surface area contributed by atoms with Crippen LogP contribution in [0.2, 0.25) is 0 Å². The van der Waals surface area contributed by atoms with E-state index >= 15 is 0 Å². The Labute approximate surface area is 235 Å². The van der Waals surface area contributed by atoms with Crippen LogP contribution in [0.4, 0.5) is 23.2 Å². The van der Waals surface area contributed by atoms with Crippen molar-refractivity contribution < 1.29 is 41.8 Å². The van der Waals surface area contributed by atoms with Gasteiger partial charge in [-0.05, 0) is 47.6 Å². The zero-order valence-corrected chi connectivity index (χ0v) is 23.5. The highest BCUT2D eigenvalue weighted by Crippen LogP contribution is 2.35. The topological polar surface area (TPSA) is 103 Å². The summed E-state index contributed by atoms with van der Waals surface area (Å²) in [5.41, 5.74) is 0.737. The van der Waals surface area contributed by atoms with E-state index in [1.807, 2.05) is 18.2 Å². The molecule has 0 aliphatic carbocycles. The highest BCUT2D eigenvalue weighted by atomic mass is 32.1. The van der Waals surface area contributed by atoms with Gasteiger partial charge in [0.25, 0.3) is 0 Å². The van der Waals surface area contributed by atoms with Crippen molar-refractivity contribution in [2.45, 2.75) is 76.1 Å². The summed E-state index contributed by atoms with van der Waals surface area (Å²) in [4.78, 5) is 10.4. The molecule has 1 aliphatic rings. The molecule has 0 bridgehead atoms. The van der Waals surface area contributed by atoms with Crippen molar-refractivity contribution >= 4 is 18.3 Å². The molecule has 1 saturated heterocycles. The van der Waals surface area contributed by atoms with Gasteiger partial charge in [-0.1, -0.05) is 45.0 Å². The average molecular weight is 591 g/mol. The maximum absolute atomic E-state index is 14.8. The first-order valence-corrected chi connectivity index (χ1v) is 13.2. The van der Waals surface area contributed by atoms with Crippen molar-refractivity contribution in [3.8, 4) is 5.75 Å². The van der Waals surface area contributed by atoms with Crippen molar-refractivity contribution in [3.63, 3.8) is 0 Å². The molecule has 1 heterocycles. The molecule has 0 unspecified atom stereocenters. The van der Waals surface area contributed by atoms with Crippen LogP contribution in [0.25, 0.3) is 0 Å². The Morgan fingerprint density at radius 2 is 1.93 bits per heavy atom. The Morgan fingerprint density at radius 1 is 1.23 bits per heavy atom. The molecule has 1 aliphatic heterocycles. The van der Waals surface area contributed by atoms with Gasteiger partial charge < -0.3 is 19.9 Å². The number of rotatable bonds is 10. The van der Waals surface area contributed by atoms with Gasteiger partial charge in [-0.2, -0.15) is 4.39 Å². The quantitative estimate of drug-likeness (QED) is 0.149. The van der Waals surface area contributed by atoms with Gasteiger partial charge in [0.2, 0.25) is 11.6 Å². The molecule has 0 amide bonds. The smallest absolute Gasteiger partial charge is 0.481 e. The van der Waals surface area contributed by atoms with Crippen molar-refractivity contribution in [2.75, 3.05) is 13.2 Å². The second-order valence-electron chi connectivity index (χ2n) is 10.9. The Balaban J connectivity index is 1.74. The standard InChI is InChI=1S/C27H34F4N2O6S/c1-15(13-38-27(29,30)31)39-21-11-17(10-20(28)23(21)33(35)36)8-18-14-37-25(40)22(24(18)34)32-12-16-6-5-7-19(9-16)26(2,3)4/h5-7,9-11,15,18,22,24-25,32,34,40H,8,12-14H2,1-4H3/t15-,18+,22+,24+,25+/m1/s1. The van der Waals surface area contributed by atoms with Gasteiger partial charge in [-0.3, -0.25) is 14.9 Å². The number of nitro benzene ring substituents is 1. The van der Waals surface area contributed by atoms with E-state index in [2.05, 4.69) is 49.5 Å². The fraction of sp³-hybridized carbons (Fsp3) is 0.556. The largest absolute Gasteiger partial charge is 0.522 e. The van der Waals surface area contributed by atoms with E-state index in [0.29, 0.717) is 6.54 Å². The summed E-state index contributed by atoms with van der Waals surface area (Å²) < 4.78 is 66.6. The maximum atomic E-state index is 14.8. The average Bonchev–Trinajstić information content (AvgIpc) is 2.83. The number of halogens is 4. The second-order valence-corrected chi connectivity index (χ2v) is 11.4. The first-order valence-electron chi connectivity index (χ1n) is 12.7. The van der Waals surface area contributed by atoms with Crippen LogP contribution < -0.4 is 10.1 Å². The lowest BCUT2D eigenvalue weighted by Crippen LogP contribution is -2.55. The minimum Gasteiger partial charge on any atom is -0.481 e. The number of nitro groups is 1. The molecule has 0 spiro atoms. The van der Waals surface area contributed by atoms with E-state index in [4.69, 9.17) is 9.47 Å². The van der Waals surface area contributed by atoms with E-state index in [1.54, 1.807) is 0 Å². The number of ether oxygens (including phenoxy) is 3. The number of thiol groups is 1. The molecule has 2 aromatic carbocycles. The van der Waals surface area contributed by atoms with E-state index in [1.165, 1.54) is 13.0 Å². The number of aliphatic hydroxyl groups excluding tert-OH is 1. The fourth-order valence-corrected chi connectivity index (χ4v) is 4.82. The molecule has 5 atom stereocenters. The van der Waals surface area contributed by atoms with Crippen LogP contribution in [-0.4, -0.2) is 53.3 Å². The van der Waals surface area contributed by atoms with Crippen molar-refractivity contribution in [1.29, 1.82) is 0 Å². The summed E-state index contributed by atoms with van der Waals surface area (Å²) in [6.07, 6.45) is -7.10. The molecule has 2 aromatic rings. The second kappa shape index (κ2) is 13.0. The molecule has 222 valence electrons. The minimum absolute atomic E-state index is 0.0353. The Morgan fingerprint density at radius 3 is 2.55 bits per heavy atom. The minimum atomic E-state index is -4.92. The number of hydrogen-bond acceptors (Lipinski definition) is 8. The molecular weight excluding hydrogens is 556 g/mol. The van der Waals surface area contributed by atoms with E-state index in [-0.39, 0.29) is 24.0 Å². The summed E-state index contributed by atoms with van der Waals surface area (Å²) in [6, 6.07) is 9.60. The fourth-order valence-electron chi connectivity index (χ4n) is 4.45. The predicted molar refractivity (Wildman–Crippen MR) is 143 cm³/mol. The van der Waals surface area contributed by atoms with Gasteiger partial charge in [-0.25, -0.2) is 0 Å². The number of aliphatic hydroxyl groups is 1. The van der Waals surface area contributed by atoms with Crippen LogP contribution in [0, 0.1) is 21.8 Å². The van der Waals surface area contributed by atoms with Crippen LogP contribution in [0.5, 0.6) is 5.75 Å². The predicted octanol–water partition coefficient (Wildman–Crippen LogP) is 5.30. The number of nitrogens with one attached hydrogen (secondary N) is 1. The summed E-state index contributed by atoms with van der Waals surface area (Å²) in [5.74, 6) is -2.29. The van der Waals surface area contributed by atoms with Crippen LogP contribution in [0.3, 0.4) is 0 Å². The Bertz CT molecular complexity index is 1180. The van der Waals surface area contributed by atoms with E-state index in [0.717, 1.165) is 17.2 Å². The van der Waals surface area contributed by atoms with Gasteiger partial charge in [0, 0.05) is 12.5 Å². The molecule has 0 aromatic heterocycles. The van der Waals surface area contributed by atoms with Gasteiger partial charge in [-0.15, -0.1) is 25.8 Å². The number of benzene rings is 2. The highest BCUT2D eigenvalue weighted by molar-refractivity contribution is 7.80. The maximum Gasteiger partial charge on any atom is 0.522 e. The monoisotopic (exact) mass is 590 g/mol. The van der Waals surface area contributed by atoms with Gasteiger partial charge in [0.05, 0.1) is 30.3 Å². The van der Waals surface area contributed by atoms with Gasteiger partial charge in [0.15, 0.2) is 0 Å². The molecule has 0 radical (unpaired) electrons. The van der Waals surface area contributed by atoms with Crippen LogP contribution in [0.15, 0.2) is 36.4 Å². The highest BCUT2D eigenvalue weighted by Gasteiger charge is 2.38. The zero-order valence-electron chi connectivity index (χ0n) is 22.6. The third-order valence-corrected chi connectivity index (χ3v) is 7.02. The molecule has 40 heavy (non-hydrogen) atoms. The third kappa shape index (κ3) is 8.77. The first kappa shape index (κ1) is 32.1. The lowest BCUT2D eigenvalue weighted by atomic mass is 9.86. The summed E-state index contributed by atoms with van der Waals surface area (Å²) in [7, 11) is 0. The molecule has 8 nitrogen and oxygen atoms in total. The molecule has 3 rings (SSSR count). The zero-order chi connectivity index (χ0) is 29.8. The van der Waals surface area contributed by atoms with Crippen LogP contribution in [0.1, 0.15) is 44.4 Å². The lowest BCUT2D eigenvalue weighted by molar-refractivity contribution is -0.388.